The van der Waals surface area contributed by atoms with Crippen molar-refractivity contribution in [3.63, 3.8) is 0 Å². The zero-order chi connectivity index (χ0) is 11.8. The second kappa shape index (κ2) is 6.99. The highest BCUT2D eigenvalue weighted by Crippen LogP contribution is 2.07. The molecule has 0 N–H and O–H groups in total. The fourth-order valence-electron chi connectivity index (χ4n) is 1.43. The Morgan fingerprint density at radius 3 is 1.73 bits per heavy atom. The minimum atomic E-state index is 0.0886. The molecule has 0 bridgehead atoms. The summed E-state index contributed by atoms with van der Waals surface area (Å²) in [5.41, 5.74) is 3.35. The summed E-state index contributed by atoms with van der Waals surface area (Å²) in [5, 5.41) is 0. The lowest BCUT2D eigenvalue weighted by Gasteiger charge is -1.96. The third kappa shape index (κ3) is 7.68. The number of ketones is 1. The van der Waals surface area contributed by atoms with E-state index < -0.39 is 0 Å². The summed E-state index contributed by atoms with van der Waals surface area (Å²) in [7, 11) is 0. The van der Waals surface area contributed by atoms with E-state index in [1.54, 1.807) is 13.0 Å². The highest BCUT2D eigenvalue weighted by Gasteiger charge is 1.90. The van der Waals surface area contributed by atoms with E-state index in [0.717, 1.165) is 11.1 Å². The predicted molar refractivity (Wildman–Crippen MR) is 66.8 cm³/mol. The lowest BCUT2D eigenvalue weighted by Crippen LogP contribution is -1.83. The molecule has 0 aromatic carbocycles. The molecule has 1 heteroatoms. The molecule has 0 aliphatic heterocycles. The Hall–Kier alpha value is -1.37. The molecule has 0 aromatic rings. The number of carbonyl (C=O) groups excluding carboxylic acids is 1. The van der Waals surface area contributed by atoms with Crippen LogP contribution >= 0.6 is 0 Å². The van der Waals surface area contributed by atoms with Crippen LogP contribution in [0, 0.1) is 0 Å². The summed E-state index contributed by atoms with van der Waals surface area (Å²) < 4.78 is 0. The summed E-state index contributed by atoms with van der Waals surface area (Å²) in [4.78, 5) is 10.8. The van der Waals surface area contributed by atoms with Crippen molar-refractivity contribution < 1.29 is 4.79 Å². The average molecular weight is 204 g/mol. The van der Waals surface area contributed by atoms with E-state index in [4.69, 9.17) is 0 Å². The maximum atomic E-state index is 10.8. The molecule has 0 rings (SSSR count). The first-order chi connectivity index (χ1) is 6.95. The van der Waals surface area contributed by atoms with Gasteiger partial charge in [0.15, 0.2) is 5.78 Å². The standard InChI is InChI=1S/C14H20O/c1-6-7-11(2)8-12(3)9-13(4)10-14(5)15/h6-10H,1-5H3/b7-6+,11-8+,12-9+,13-10+. The third-order valence-electron chi connectivity index (χ3n) is 1.77. The first-order valence-electron chi connectivity index (χ1n) is 5.14. The van der Waals surface area contributed by atoms with Crippen LogP contribution in [0.1, 0.15) is 34.6 Å². The minimum Gasteiger partial charge on any atom is -0.295 e. The molecule has 0 fully saturated rings. The molecule has 0 aromatic heterocycles. The van der Waals surface area contributed by atoms with Crippen molar-refractivity contribution in [3.05, 3.63) is 47.1 Å². The molecule has 0 radical (unpaired) electrons. The van der Waals surface area contributed by atoms with Crippen molar-refractivity contribution in [2.24, 2.45) is 0 Å². The van der Waals surface area contributed by atoms with Crippen LogP contribution in [-0.4, -0.2) is 5.78 Å². The molecule has 0 aliphatic carbocycles. The molecule has 15 heavy (non-hydrogen) atoms. The SMILES string of the molecule is C/C=C/C(C)=C/C(C)=C/C(C)=C/C(C)=O. The quantitative estimate of drug-likeness (QED) is 0.500. The van der Waals surface area contributed by atoms with Gasteiger partial charge >= 0.3 is 0 Å². The maximum Gasteiger partial charge on any atom is 0.152 e. The first-order valence-corrected chi connectivity index (χ1v) is 5.14. The molecule has 0 aliphatic rings. The minimum absolute atomic E-state index is 0.0886. The van der Waals surface area contributed by atoms with Gasteiger partial charge in [-0.2, -0.15) is 0 Å². The van der Waals surface area contributed by atoms with Gasteiger partial charge < -0.3 is 0 Å². The summed E-state index contributed by atoms with van der Waals surface area (Å²) >= 11 is 0. The number of rotatable bonds is 4. The third-order valence-corrected chi connectivity index (χ3v) is 1.77. The molecular formula is C14H20O. The second-order valence-corrected chi connectivity index (χ2v) is 3.78. The van der Waals surface area contributed by atoms with Crippen LogP contribution in [0.3, 0.4) is 0 Å². The van der Waals surface area contributed by atoms with Crippen LogP contribution in [0.5, 0.6) is 0 Å². The van der Waals surface area contributed by atoms with Crippen molar-refractivity contribution >= 4 is 5.78 Å². The van der Waals surface area contributed by atoms with Crippen LogP contribution in [0.4, 0.5) is 0 Å². The van der Waals surface area contributed by atoms with Crippen molar-refractivity contribution in [2.45, 2.75) is 34.6 Å². The van der Waals surface area contributed by atoms with Crippen LogP contribution in [0.15, 0.2) is 47.1 Å². The Labute approximate surface area is 92.9 Å². The van der Waals surface area contributed by atoms with Crippen molar-refractivity contribution in [3.8, 4) is 0 Å². The number of hydrogen-bond acceptors (Lipinski definition) is 1. The summed E-state index contributed by atoms with van der Waals surface area (Å²) in [6.45, 7) is 9.58. The van der Waals surface area contributed by atoms with Gasteiger partial charge in [-0.15, -0.1) is 0 Å². The van der Waals surface area contributed by atoms with E-state index in [-0.39, 0.29) is 5.78 Å². The van der Waals surface area contributed by atoms with Gasteiger partial charge in [0.2, 0.25) is 0 Å². The van der Waals surface area contributed by atoms with Gasteiger partial charge in [0, 0.05) is 0 Å². The fourth-order valence-corrected chi connectivity index (χ4v) is 1.43. The second-order valence-electron chi connectivity index (χ2n) is 3.78. The molecule has 0 amide bonds. The van der Waals surface area contributed by atoms with E-state index in [1.807, 2.05) is 32.9 Å². The molecule has 0 saturated carbocycles. The Bertz CT molecular complexity index is 338. The molecule has 0 heterocycles. The molecule has 0 spiro atoms. The van der Waals surface area contributed by atoms with Gasteiger partial charge in [0.25, 0.3) is 0 Å². The predicted octanol–water partition coefficient (Wildman–Crippen LogP) is 3.99. The number of hydrogen-bond donors (Lipinski definition) is 0. The van der Waals surface area contributed by atoms with E-state index in [0.29, 0.717) is 0 Å². The summed E-state index contributed by atoms with van der Waals surface area (Å²) in [5.74, 6) is 0.0886. The Balaban J connectivity index is 4.71. The topological polar surface area (TPSA) is 17.1 Å². The van der Waals surface area contributed by atoms with Gasteiger partial charge in [0.05, 0.1) is 0 Å². The van der Waals surface area contributed by atoms with Gasteiger partial charge in [-0.1, -0.05) is 35.5 Å². The normalized spacial score (nSPS) is 14.9. The molecular weight excluding hydrogens is 184 g/mol. The highest BCUT2D eigenvalue weighted by molar-refractivity contribution is 5.88. The van der Waals surface area contributed by atoms with Crippen LogP contribution in [-0.2, 0) is 4.79 Å². The van der Waals surface area contributed by atoms with Crippen LogP contribution in [0.2, 0.25) is 0 Å². The lowest BCUT2D eigenvalue weighted by molar-refractivity contribution is -0.112. The monoisotopic (exact) mass is 204 g/mol. The first kappa shape index (κ1) is 13.6. The fraction of sp³-hybridized carbons (Fsp3) is 0.357. The summed E-state index contributed by atoms with van der Waals surface area (Å²) in [6, 6.07) is 0. The largest absolute Gasteiger partial charge is 0.295 e. The molecule has 0 atom stereocenters. The maximum absolute atomic E-state index is 10.8. The Kier molecular flexibility index (Phi) is 6.35. The number of allylic oxidation sites excluding steroid dienone is 8. The van der Waals surface area contributed by atoms with E-state index in [1.165, 1.54) is 5.57 Å². The van der Waals surface area contributed by atoms with E-state index in [9.17, 15) is 4.79 Å². The van der Waals surface area contributed by atoms with E-state index in [2.05, 4.69) is 19.1 Å². The number of carbonyl (C=O) groups is 1. The van der Waals surface area contributed by atoms with Gasteiger partial charge in [0.1, 0.15) is 0 Å². The van der Waals surface area contributed by atoms with Gasteiger partial charge in [-0.3, -0.25) is 4.79 Å². The van der Waals surface area contributed by atoms with Crippen LogP contribution < -0.4 is 0 Å². The summed E-state index contributed by atoms with van der Waals surface area (Å²) in [6.07, 6.45) is 9.81. The zero-order valence-electron chi connectivity index (χ0n) is 10.3. The van der Waals surface area contributed by atoms with Gasteiger partial charge in [-0.25, -0.2) is 0 Å². The average Bonchev–Trinajstić information content (AvgIpc) is 2.00. The Morgan fingerprint density at radius 1 is 0.800 bits per heavy atom. The Morgan fingerprint density at radius 2 is 1.27 bits per heavy atom. The van der Waals surface area contributed by atoms with E-state index >= 15 is 0 Å². The highest BCUT2D eigenvalue weighted by atomic mass is 16.1. The van der Waals surface area contributed by atoms with Crippen molar-refractivity contribution in [2.75, 3.05) is 0 Å². The lowest BCUT2D eigenvalue weighted by atomic mass is 10.1. The zero-order valence-corrected chi connectivity index (χ0v) is 10.3. The van der Waals surface area contributed by atoms with Crippen molar-refractivity contribution in [1.29, 1.82) is 0 Å². The van der Waals surface area contributed by atoms with Gasteiger partial charge in [-0.05, 0) is 46.3 Å². The van der Waals surface area contributed by atoms with Crippen molar-refractivity contribution in [1.82, 2.24) is 0 Å². The molecule has 82 valence electrons. The van der Waals surface area contributed by atoms with Crippen LogP contribution in [0.25, 0.3) is 0 Å². The molecule has 0 saturated heterocycles. The molecule has 1 nitrogen and oxygen atoms in total. The smallest absolute Gasteiger partial charge is 0.152 e. The molecule has 0 unspecified atom stereocenters.